The van der Waals surface area contributed by atoms with E-state index in [2.05, 4.69) is 15.7 Å². The van der Waals surface area contributed by atoms with E-state index in [1.54, 1.807) is 10.9 Å². The van der Waals surface area contributed by atoms with Gasteiger partial charge in [0.15, 0.2) is 0 Å². The fourth-order valence-corrected chi connectivity index (χ4v) is 2.13. The SMILES string of the molecule is CNC1COCC1C(=O)NCc1cnn(C)c1C. The van der Waals surface area contributed by atoms with Crippen LogP contribution < -0.4 is 10.6 Å². The normalized spacial score (nSPS) is 23.3. The minimum atomic E-state index is -0.105. The highest BCUT2D eigenvalue weighted by Crippen LogP contribution is 2.14. The zero-order valence-electron chi connectivity index (χ0n) is 11.1. The first-order chi connectivity index (χ1) is 8.63. The monoisotopic (exact) mass is 252 g/mol. The largest absolute Gasteiger partial charge is 0.379 e. The molecule has 1 aromatic rings. The molecule has 1 aliphatic heterocycles. The van der Waals surface area contributed by atoms with Gasteiger partial charge < -0.3 is 15.4 Å². The van der Waals surface area contributed by atoms with Crippen LogP contribution in [-0.2, 0) is 23.1 Å². The van der Waals surface area contributed by atoms with Gasteiger partial charge in [0.05, 0.1) is 25.3 Å². The van der Waals surface area contributed by atoms with Crippen LogP contribution in [0.4, 0.5) is 0 Å². The van der Waals surface area contributed by atoms with E-state index in [9.17, 15) is 4.79 Å². The van der Waals surface area contributed by atoms with Crippen LogP contribution in [0.5, 0.6) is 0 Å². The molecule has 2 rings (SSSR count). The van der Waals surface area contributed by atoms with E-state index in [-0.39, 0.29) is 17.9 Å². The summed E-state index contributed by atoms with van der Waals surface area (Å²) in [6.07, 6.45) is 1.79. The van der Waals surface area contributed by atoms with Crippen LogP contribution in [0.2, 0.25) is 0 Å². The lowest BCUT2D eigenvalue weighted by Gasteiger charge is -2.16. The van der Waals surface area contributed by atoms with E-state index in [0.29, 0.717) is 19.8 Å². The molecule has 1 aliphatic rings. The second-order valence-corrected chi connectivity index (χ2v) is 4.64. The molecule has 0 aromatic carbocycles. The zero-order chi connectivity index (χ0) is 13.1. The summed E-state index contributed by atoms with van der Waals surface area (Å²) in [5, 5.41) is 10.2. The van der Waals surface area contributed by atoms with E-state index >= 15 is 0 Å². The Labute approximate surface area is 107 Å². The molecule has 1 fully saturated rings. The topological polar surface area (TPSA) is 68.2 Å². The number of carbonyl (C=O) groups excluding carboxylic acids is 1. The minimum absolute atomic E-state index is 0.0371. The van der Waals surface area contributed by atoms with Crippen molar-refractivity contribution < 1.29 is 9.53 Å². The lowest BCUT2D eigenvalue weighted by molar-refractivity contribution is -0.125. The van der Waals surface area contributed by atoms with Crippen LogP contribution in [-0.4, -0.2) is 42.0 Å². The van der Waals surface area contributed by atoms with Gasteiger partial charge in [-0.2, -0.15) is 5.10 Å². The maximum Gasteiger partial charge on any atom is 0.227 e. The standard InChI is InChI=1S/C12H20N4O2/c1-8-9(5-15-16(8)3)4-14-12(17)10-6-18-7-11(10)13-2/h5,10-11,13H,4,6-7H2,1-3H3,(H,14,17). The van der Waals surface area contributed by atoms with Crippen molar-refractivity contribution in [3.05, 3.63) is 17.5 Å². The third kappa shape index (κ3) is 2.54. The van der Waals surface area contributed by atoms with Crippen molar-refractivity contribution in [2.45, 2.75) is 19.5 Å². The first-order valence-corrected chi connectivity index (χ1v) is 6.13. The molecule has 0 aliphatic carbocycles. The van der Waals surface area contributed by atoms with Crippen molar-refractivity contribution in [1.29, 1.82) is 0 Å². The van der Waals surface area contributed by atoms with Gasteiger partial charge in [0.25, 0.3) is 0 Å². The number of rotatable bonds is 4. The van der Waals surface area contributed by atoms with Crippen molar-refractivity contribution >= 4 is 5.91 Å². The van der Waals surface area contributed by atoms with Gasteiger partial charge >= 0.3 is 0 Å². The number of likely N-dealkylation sites (N-methyl/N-ethyl adjacent to an activating group) is 1. The molecular weight excluding hydrogens is 232 g/mol. The molecule has 2 atom stereocenters. The van der Waals surface area contributed by atoms with Crippen LogP contribution in [0.1, 0.15) is 11.3 Å². The first kappa shape index (κ1) is 13.0. The number of nitrogens with zero attached hydrogens (tertiary/aromatic N) is 2. The Morgan fingerprint density at radius 1 is 1.61 bits per heavy atom. The van der Waals surface area contributed by atoms with Gasteiger partial charge in [0, 0.05) is 30.9 Å². The average molecular weight is 252 g/mol. The number of nitrogens with one attached hydrogen (secondary N) is 2. The maximum atomic E-state index is 12.0. The van der Waals surface area contributed by atoms with Gasteiger partial charge in [-0.3, -0.25) is 9.48 Å². The summed E-state index contributed by atoms with van der Waals surface area (Å²) in [5.74, 6) is -0.0675. The molecule has 2 unspecified atom stereocenters. The molecular formula is C12H20N4O2. The molecule has 0 bridgehead atoms. The number of hydrogen-bond donors (Lipinski definition) is 2. The highest BCUT2D eigenvalue weighted by molar-refractivity contribution is 5.79. The summed E-state index contributed by atoms with van der Waals surface area (Å²) in [7, 11) is 3.74. The number of carbonyl (C=O) groups is 1. The molecule has 0 spiro atoms. The van der Waals surface area contributed by atoms with Gasteiger partial charge in [-0.15, -0.1) is 0 Å². The van der Waals surface area contributed by atoms with Gasteiger partial charge in [-0.25, -0.2) is 0 Å². The summed E-state index contributed by atoms with van der Waals surface area (Å²) in [6.45, 7) is 3.60. The van der Waals surface area contributed by atoms with Crippen molar-refractivity contribution in [3.8, 4) is 0 Å². The molecule has 2 heterocycles. The van der Waals surface area contributed by atoms with Crippen molar-refractivity contribution in [2.75, 3.05) is 20.3 Å². The summed E-state index contributed by atoms with van der Waals surface area (Å²) < 4.78 is 7.12. The molecule has 1 saturated heterocycles. The predicted molar refractivity (Wildman–Crippen MR) is 66.9 cm³/mol. The lowest BCUT2D eigenvalue weighted by atomic mass is 10.0. The lowest BCUT2D eigenvalue weighted by Crippen LogP contribution is -2.42. The molecule has 0 radical (unpaired) electrons. The summed E-state index contributed by atoms with van der Waals surface area (Å²) in [5.41, 5.74) is 2.12. The Morgan fingerprint density at radius 3 is 3.00 bits per heavy atom. The van der Waals surface area contributed by atoms with Crippen molar-refractivity contribution in [1.82, 2.24) is 20.4 Å². The molecule has 1 amide bonds. The summed E-state index contributed by atoms with van der Waals surface area (Å²) in [6, 6.07) is 0.111. The smallest absolute Gasteiger partial charge is 0.227 e. The molecule has 0 saturated carbocycles. The van der Waals surface area contributed by atoms with Gasteiger partial charge in [-0.1, -0.05) is 0 Å². The fourth-order valence-electron chi connectivity index (χ4n) is 2.13. The Bertz CT molecular complexity index is 430. The third-order valence-electron chi connectivity index (χ3n) is 3.58. The van der Waals surface area contributed by atoms with Crippen LogP contribution in [0, 0.1) is 12.8 Å². The van der Waals surface area contributed by atoms with E-state index in [1.165, 1.54) is 0 Å². The quantitative estimate of drug-likeness (QED) is 0.763. The first-order valence-electron chi connectivity index (χ1n) is 6.13. The van der Waals surface area contributed by atoms with Crippen LogP contribution in [0.3, 0.4) is 0 Å². The summed E-state index contributed by atoms with van der Waals surface area (Å²) >= 11 is 0. The molecule has 100 valence electrons. The number of amides is 1. The number of aromatic nitrogens is 2. The van der Waals surface area contributed by atoms with Crippen LogP contribution in [0.25, 0.3) is 0 Å². The fraction of sp³-hybridized carbons (Fsp3) is 0.667. The van der Waals surface area contributed by atoms with Gasteiger partial charge in [0.2, 0.25) is 5.91 Å². The van der Waals surface area contributed by atoms with E-state index in [1.807, 2.05) is 21.0 Å². The van der Waals surface area contributed by atoms with Crippen LogP contribution >= 0.6 is 0 Å². The van der Waals surface area contributed by atoms with Gasteiger partial charge in [0.1, 0.15) is 0 Å². The highest BCUT2D eigenvalue weighted by Gasteiger charge is 2.32. The zero-order valence-corrected chi connectivity index (χ0v) is 11.1. The Balaban J connectivity index is 1.90. The predicted octanol–water partition coefficient (Wildman–Crippen LogP) is -0.421. The van der Waals surface area contributed by atoms with Crippen molar-refractivity contribution in [2.24, 2.45) is 13.0 Å². The molecule has 18 heavy (non-hydrogen) atoms. The highest BCUT2D eigenvalue weighted by atomic mass is 16.5. The molecule has 6 heteroatoms. The maximum absolute atomic E-state index is 12.0. The molecule has 6 nitrogen and oxygen atoms in total. The Morgan fingerprint density at radius 2 is 2.39 bits per heavy atom. The average Bonchev–Trinajstić information content (AvgIpc) is 2.96. The number of aryl methyl sites for hydroxylation is 1. The van der Waals surface area contributed by atoms with Crippen molar-refractivity contribution in [3.63, 3.8) is 0 Å². The Hall–Kier alpha value is -1.40. The number of hydrogen-bond acceptors (Lipinski definition) is 4. The summed E-state index contributed by atoms with van der Waals surface area (Å²) in [4.78, 5) is 12.0. The van der Waals surface area contributed by atoms with Crippen LogP contribution in [0.15, 0.2) is 6.20 Å². The molecule has 1 aromatic heterocycles. The molecule has 2 N–H and O–H groups in total. The second kappa shape index (κ2) is 5.49. The van der Waals surface area contributed by atoms with Gasteiger partial charge in [-0.05, 0) is 14.0 Å². The number of ether oxygens (including phenoxy) is 1. The third-order valence-corrected chi connectivity index (χ3v) is 3.58. The van der Waals surface area contributed by atoms with E-state index in [4.69, 9.17) is 4.74 Å². The second-order valence-electron chi connectivity index (χ2n) is 4.64. The van der Waals surface area contributed by atoms with E-state index in [0.717, 1.165) is 11.3 Å². The Kier molecular flexibility index (Phi) is 3.98. The minimum Gasteiger partial charge on any atom is -0.379 e. The van der Waals surface area contributed by atoms with E-state index < -0.39 is 0 Å².